The number of carbonyl (C=O) groups is 3. The molecule has 1 heterocycles. The van der Waals surface area contributed by atoms with Crippen molar-refractivity contribution in [2.45, 2.75) is 52.9 Å². The standard InChI is InChI=1S/C25H32N2O8/c1-15(2)22(17(4)34-19-10-8-7-9-11-19)35-25(30)16(3)27-24(29)21-23(33-14-32-18(5)28)20(31-6)12-13-26-21/h7-13,15-17,22H,14H2,1-6H3,(H,27,29)/t16-,17+,22?/m0/s1. The summed E-state index contributed by atoms with van der Waals surface area (Å²) < 4.78 is 27.0. The topological polar surface area (TPSA) is 122 Å². The van der Waals surface area contributed by atoms with Gasteiger partial charge in [0.05, 0.1) is 7.11 Å². The van der Waals surface area contributed by atoms with Crippen molar-refractivity contribution in [3.05, 3.63) is 48.3 Å². The van der Waals surface area contributed by atoms with Crippen LogP contribution in [0.4, 0.5) is 0 Å². The number of para-hydroxylation sites is 1. The number of hydrogen-bond donors (Lipinski definition) is 1. The third kappa shape index (κ3) is 8.16. The van der Waals surface area contributed by atoms with Gasteiger partial charge in [-0.3, -0.25) is 9.59 Å². The molecule has 1 amide bonds. The predicted octanol–water partition coefficient (Wildman–Crippen LogP) is 3.14. The summed E-state index contributed by atoms with van der Waals surface area (Å²) in [5.74, 6) is -1.08. The Morgan fingerprint density at radius 3 is 2.31 bits per heavy atom. The molecule has 0 aliphatic heterocycles. The molecule has 190 valence electrons. The Labute approximate surface area is 204 Å². The molecule has 0 saturated carbocycles. The summed E-state index contributed by atoms with van der Waals surface area (Å²) in [6, 6.07) is 9.72. The number of hydrogen-bond acceptors (Lipinski definition) is 9. The first-order valence-corrected chi connectivity index (χ1v) is 11.2. The minimum Gasteiger partial charge on any atom is -0.493 e. The molecule has 1 aromatic heterocycles. The fourth-order valence-electron chi connectivity index (χ4n) is 3.18. The van der Waals surface area contributed by atoms with Gasteiger partial charge in [0, 0.05) is 19.2 Å². The summed E-state index contributed by atoms with van der Waals surface area (Å²) in [5.41, 5.74) is -0.141. The van der Waals surface area contributed by atoms with Gasteiger partial charge in [0.25, 0.3) is 5.91 Å². The van der Waals surface area contributed by atoms with Crippen molar-refractivity contribution < 1.29 is 38.1 Å². The molecule has 2 rings (SSSR count). The highest BCUT2D eigenvalue weighted by atomic mass is 16.7. The second-order valence-electron chi connectivity index (χ2n) is 8.07. The van der Waals surface area contributed by atoms with Crippen molar-refractivity contribution >= 4 is 17.8 Å². The molecule has 0 saturated heterocycles. The monoisotopic (exact) mass is 488 g/mol. The van der Waals surface area contributed by atoms with E-state index in [1.54, 1.807) is 0 Å². The van der Waals surface area contributed by atoms with Crippen LogP contribution in [0.5, 0.6) is 17.2 Å². The molecule has 1 N–H and O–H groups in total. The van der Waals surface area contributed by atoms with Gasteiger partial charge in [0.1, 0.15) is 24.0 Å². The summed E-state index contributed by atoms with van der Waals surface area (Å²) >= 11 is 0. The van der Waals surface area contributed by atoms with E-state index < -0.39 is 42.9 Å². The highest BCUT2D eigenvalue weighted by molar-refractivity contribution is 5.98. The number of nitrogens with zero attached hydrogens (tertiary/aromatic N) is 1. The van der Waals surface area contributed by atoms with Crippen molar-refractivity contribution in [2.75, 3.05) is 13.9 Å². The Balaban J connectivity index is 2.08. The lowest BCUT2D eigenvalue weighted by molar-refractivity contribution is -0.158. The minimum absolute atomic E-state index is 0.0285. The van der Waals surface area contributed by atoms with Crippen molar-refractivity contribution in [3.8, 4) is 17.2 Å². The largest absolute Gasteiger partial charge is 0.493 e. The molecule has 1 aromatic carbocycles. The number of rotatable bonds is 12. The van der Waals surface area contributed by atoms with Crippen LogP contribution in [-0.2, 0) is 19.1 Å². The number of nitrogens with one attached hydrogen (secondary N) is 1. The molecule has 0 bridgehead atoms. The number of carbonyl (C=O) groups excluding carboxylic acids is 3. The maximum Gasteiger partial charge on any atom is 0.328 e. The van der Waals surface area contributed by atoms with Gasteiger partial charge in [-0.05, 0) is 31.9 Å². The number of pyridine rings is 1. The van der Waals surface area contributed by atoms with Crippen molar-refractivity contribution in [3.63, 3.8) is 0 Å². The van der Waals surface area contributed by atoms with Crippen molar-refractivity contribution in [1.29, 1.82) is 0 Å². The second kappa shape index (κ2) is 13.2. The Morgan fingerprint density at radius 1 is 1.03 bits per heavy atom. The molecule has 0 radical (unpaired) electrons. The Hall–Kier alpha value is -3.82. The first-order chi connectivity index (χ1) is 16.6. The summed E-state index contributed by atoms with van der Waals surface area (Å²) in [5, 5.41) is 2.56. The minimum atomic E-state index is -0.998. The molecular weight excluding hydrogens is 456 g/mol. The lowest BCUT2D eigenvalue weighted by Crippen LogP contribution is -2.45. The molecule has 2 aromatic rings. The number of aromatic nitrogens is 1. The number of methoxy groups -OCH3 is 1. The molecule has 0 fully saturated rings. The molecule has 0 aliphatic rings. The number of benzene rings is 1. The first kappa shape index (κ1) is 27.4. The molecular formula is C25H32N2O8. The van der Waals surface area contributed by atoms with Gasteiger partial charge in [-0.15, -0.1) is 0 Å². The molecule has 1 unspecified atom stereocenters. The van der Waals surface area contributed by atoms with E-state index >= 15 is 0 Å². The van der Waals surface area contributed by atoms with Crippen LogP contribution < -0.4 is 19.5 Å². The van der Waals surface area contributed by atoms with Gasteiger partial charge in [0.15, 0.2) is 17.2 Å². The van der Waals surface area contributed by atoms with Crippen LogP contribution in [0.25, 0.3) is 0 Å². The third-order valence-electron chi connectivity index (χ3n) is 4.91. The summed E-state index contributed by atoms with van der Waals surface area (Å²) in [7, 11) is 1.39. The van der Waals surface area contributed by atoms with Crippen LogP contribution in [-0.4, -0.2) is 55.0 Å². The number of esters is 2. The van der Waals surface area contributed by atoms with E-state index in [1.807, 2.05) is 51.1 Å². The summed E-state index contributed by atoms with van der Waals surface area (Å²) in [6.45, 7) is 7.93. The normalized spacial score (nSPS) is 13.2. The predicted molar refractivity (Wildman–Crippen MR) is 126 cm³/mol. The van der Waals surface area contributed by atoms with E-state index in [-0.39, 0.29) is 23.1 Å². The number of ether oxygens (including phenoxy) is 5. The van der Waals surface area contributed by atoms with Crippen molar-refractivity contribution in [2.24, 2.45) is 5.92 Å². The Morgan fingerprint density at radius 2 is 1.71 bits per heavy atom. The van der Waals surface area contributed by atoms with Gasteiger partial charge in [-0.1, -0.05) is 32.0 Å². The average Bonchev–Trinajstić information content (AvgIpc) is 2.82. The first-order valence-electron chi connectivity index (χ1n) is 11.2. The van der Waals surface area contributed by atoms with Crippen LogP contribution in [0, 0.1) is 5.92 Å². The second-order valence-corrected chi connectivity index (χ2v) is 8.07. The van der Waals surface area contributed by atoms with E-state index in [2.05, 4.69) is 10.3 Å². The van der Waals surface area contributed by atoms with Gasteiger partial charge < -0.3 is 29.0 Å². The Kier molecular flexibility index (Phi) is 10.3. The maximum atomic E-state index is 12.9. The van der Waals surface area contributed by atoms with Crippen LogP contribution in [0.2, 0.25) is 0 Å². The number of amides is 1. The molecule has 10 nitrogen and oxygen atoms in total. The molecule has 3 atom stereocenters. The van der Waals surface area contributed by atoms with Gasteiger partial charge in [-0.2, -0.15) is 0 Å². The SMILES string of the molecule is COc1ccnc(C(=O)N[C@@H](C)C(=O)OC(C(C)C)[C@@H](C)Oc2ccccc2)c1OCOC(C)=O. The summed E-state index contributed by atoms with van der Waals surface area (Å²) in [6.07, 6.45) is 0.373. The lowest BCUT2D eigenvalue weighted by Gasteiger charge is -2.29. The fourth-order valence-corrected chi connectivity index (χ4v) is 3.18. The van der Waals surface area contributed by atoms with E-state index in [1.165, 1.54) is 33.2 Å². The van der Waals surface area contributed by atoms with Crippen LogP contribution in [0.3, 0.4) is 0 Å². The Bertz CT molecular complexity index is 996. The summed E-state index contributed by atoms with van der Waals surface area (Å²) in [4.78, 5) is 40.8. The van der Waals surface area contributed by atoms with Gasteiger partial charge in [-0.25, -0.2) is 9.78 Å². The lowest BCUT2D eigenvalue weighted by atomic mass is 10.0. The molecule has 0 aliphatic carbocycles. The quantitative estimate of drug-likeness (QED) is 0.355. The van der Waals surface area contributed by atoms with E-state index in [9.17, 15) is 14.4 Å². The molecule has 10 heteroatoms. The zero-order chi connectivity index (χ0) is 26.0. The van der Waals surface area contributed by atoms with E-state index in [4.69, 9.17) is 23.7 Å². The fraction of sp³-hybridized carbons (Fsp3) is 0.440. The molecule has 0 spiro atoms. The highest BCUT2D eigenvalue weighted by Crippen LogP contribution is 2.29. The van der Waals surface area contributed by atoms with Crippen LogP contribution in [0.1, 0.15) is 45.1 Å². The zero-order valence-corrected chi connectivity index (χ0v) is 20.8. The van der Waals surface area contributed by atoms with Crippen molar-refractivity contribution in [1.82, 2.24) is 10.3 Å². The van der Waals surface area contributed by atoms with E-state index in [0.717, 1.165) is 0 Å². The van der Waals surface area contributed by atoms with Gasteiger partial charge >= 0.3 is 11.9 Å². The van der Waals surface area contributed by atoms with Gasteiger partial charge in [0.2, 0.25) is 6.79 Å². The zero-order valence-electron chi connectivity index (χ0n) is 20.8. The maximum absolute atomic E-state index is 12.9. The highest BCUT2D eigenvalue weighted by Gasteiger charge is 2.30. The third-order valence-corrected chi connectivity index (χ3v) is 4.91. The van der Waals surface area contributed by atoms with E-state index in [0.29, 0.717) is 5.75 Å². The molecule has 35 heavy (non-hydrogen) atoms. The van der Waals surface area contributed by atoms with Crippen LogP contribution in [0.15, 0.2) is 42.6 Å². The smallest absolute Gasteiger partial charge is 0.328 e. The van der Waals surface area contributed by atoms with Crippen LogP contribution >= 0.6 is 0 Å². The average molecular weight is 489 g/mol.